The molecule has 0 bridgehead atoms. The van der Waals surface area contributed by atoms with E-state index in [1.807, 2.05) is 0 Å². The lowest BCUT2D eigenvalue weighted by Crippen LogP contribution is -2.35. The average molecular weight is 272 g/mol. The molecule has 1 aliphatic rings. The van der Waals surface area contributed by atoms with Gasteiger partial charge in [-0.3, -0.25) is 0 Å². The van der Waals surface area contributed by atoms with Crippen molar-refractivity contribution in [3.8, 4) is 0 Å². The van der Waals surface area contributed by atoms with Crippen LogP contribution in [0.5, 0.6) is 0 Å². The molecule has 2 heterocycles. The van der Waals surface area contributed by atoms with Gasteiger partial charge in [-0.2, -0.15) is 0 Å². The third-order valence-electron chi connectivity index (χ3n) is 4.16. The van der Waals surface area contributed by atoms with Gasteiger partial charge in [-0.15, -0.1) is 0 Å². The number of para-hydroxylation sites is 1. The van der Waals surface area contributed by atoms with E-state index in [9.17, 15) is 0 Å². The number of benzene rings is 1. The number of H-pyrrole nitrogens is 1. The molecule has 20 heavy (non-hydrogen) atoms. The zero-order chi connectivity index (χ0) is 13.9. The van der Waals surface area contributed by atoms with E-state index in [1.54, 1.807) is 0 Å². The highest BCUT2D eigenvalue weighted by molar-refractivity contribution is 5.85. The Morgan fingerprint density at radius 1 is 1.35 bits per heavy atom. The summed E-state index contributed by atoms with van der Waals surface area (Å²) < 4.78 is 6.13. The maximum absolute atomic E-state index is 6.13. The predicted molar refractivity (Wildman–Crippen MR) is 83.1 cm³/mol. The van der Waals surface area contributed by atoms with Gasteiger partial charge in [0.15, 0.2) is 0 Å². The van der Waals surface area contributed by atoms with Crippen LogP contribution in [0.4, 0.5) is 0 Å². The van der Waals surface area contributed by atoms with E-state index >= 15 is 0 Å². The predicted octanol–water partition coefficient (Wildman–Crippen LogP) is 3.56. The summed E-state index contributed by atoms with van der Waals surface area (Å²) in [6, 6.07) is 8.56. The van der Waals surface area contributed by atoms with E-state index < -0.39 is 0 Å². The summed E-state index contributed by atoms with van der Waals surface area (Å²) in [5.41, 5.74) is 3.94. The van der Waals surface area contributed by atoms with Crippen molar-refractivity contribution in [1.82, 2.24) is 10.3 Å². The second kappa shape index (κ2) is 5.98. The van der Waals surface area contributed by atoms with Crippen molar-refractivity contribution in [3.63, 3.8) is 0 Å². The number of hydrogen-bond donors (Lipinski definition) is 2. The van der Waals surface area contributed by atoms with E-state index in [1.165, 1.54) is 35.0 Å². The monoisotopic (exact) mass is 272 g/mol. The zero-order valence-electron chi connectivity index (χ0n) is 12.4. The Balaban J connectivity index is 1.75. The van der Waals surface area contributed by atoms with Crippen LogP contribution < -0.4 is 5.32 Å². The van der Waals surface area contributed by atoms with Crippen molar-refractivity contribution < 1.29 is 4.74 Å². The molecule has 1 aromatic heterocycles. The van der Waals surface area contributed by atoms with Crippen LogP contribution in [0, 0.1) is 0 Å². The Labute approximate surface area is 120 Å². The van der Waals surface area contributed by atoms with Crippen LogP contribution in [0.15, 0.2) is 24.3 Å². The highest BCUT2D eigenvalue weighted by atomic mass is 16.5. The Hall–Kier alpha value is -1.32. The summed E-state index contributed by atoms with van der Waals surface area (Å²) in [6.45, 7) is 6.40. The summed E-state index contributed by atoms with van der Waals surface area (Å²) in [4.78, 5) is 3.52. The summed E-state index contributed by atoms with van der Waals surface area (Å²) in [6.07, 6.45) is 3.92. The molecular formula is C17H24N2O. The van der Waals surface area contributed by atoms with Crippen molar-refractivity contribution in [2.45, 2.75) is 45.3 Å². The molecule has 0 radical (unpaired) electrons. The van der Waals surface area contributed by atoms with Crippen LogP contribution in [-0.2, 0) is 11.2 Å². The van der Waals surface area contributed by atoms with E-state index in [2.05, 4.69) is 48.4 Å². The first kappa shape index (κ1) is 13.7. The summed E-state index contributed by atoms with van der Waals surface area (Å²) in [5.74, 6) is 0. The molecule has 2 aromatic rings. The molecule has 1 aliphatic heterocycles. The number of hydrogen-bond acceptors (Lipinski definition) is 2. The molecule has 0 amide bonds. The summed E-state index contributed by atoms with van der Waals surface area (Å²) in [5, 5.41) is 4.87. The molecule has 108 valence electrons. The van der Waals surface area contributed by atoms with Crippen molar-refractivity contribution in [2.24, 2.45) is 0 Å². The first-order chi connectivity index (χ1) is 9.79. The van der Waals surface area contributed by atoms with Crippen LogP contribution in [0.25, 0.3) is 10.9 Å². The normalized spacial score (nSPS) is 22.1. The lowest BCUT2D eigenvalue weighted by molar-refractivity contribution is -0.0159. The number of rotatable bonds is 5. The summed E-state index contributed by atoms with van der Waals surface area (Å²) in [7, 11) is 0. The number of aromatic nitrogens is 1. The Morgan fingerprint density at radius 2 is 2.20 bits per heavy atom. The van der Waals surface area contributed by atoms with Crippen LogP contribution in [-0.4, -0.2) is 24.2 Å². The van der Waals surface area contributed by atoms with Crippen LogP contribution in [0.2, 0.25) is 0 Å². The van der Waals surface area contributed by atoms with Gasteiger partial charge in [0.05, 0.1) is 12.2 Å². The quantitative estimate of drug-likeness (QED) is 0.817. The van der Waals surface area contributed by atoms with Gasteiger partial charge in [0.2, 0.25) is 0 Å². The fourth-order valence-corrected chi connectivity index (χ4v) is 3.11. The number of aromatic amines is 1. The maximum atomic E-state index is 6.13. The molecule has 3 rings (SSSR count). The Bertz CT molecular complexity index is 575. The molecule has 3 nitrogen and oxygen atoms in total. The number of fused-ring (bicyclic) bond motifs is 3. The van der Waals surface area contributed by atoms with E-state index in [0.717, 1.165) is 19.5 Å². The molecule has 0 fully saturated rings. The molecule has 0 saturated carbocycles. The van der Waals surface area contributed by atoms with Gasteiger partial charge < -0.3 is 15.0 Å². The minimum Gasteiger partial charge on any atom is -0.367 e. The van der Waals surface area contributed by atoms with Crippen LogP contribution in [0.3, 0.4) is 0 Å². The minimum atomic E-state index is 0.157. The molecule has 2 unspecified atom stereocenters. The molecule has 0 saturated heterocycles. The van der Waals surface area contributed by atoms with Gasteiger partial charge in [-0.1, -0.05) is 31.5 Å². The smallest absolute Gasteiger partial charge is 0.0952 e. The molecule has 3 heteroatoms. The fourth-order valence-electron chi connectivity index (χ4n) is 3.11. The first-order valence-corrected chi connectivity index (χ1v) is 7.75. The fraction of sp³-hybridized carbons (Fsp3) is 0.529. The van der Waals surface area contributed by atoms with Crippen molar-refractivity contribution in [2.75, 3.05) is 13.1 Å². The van der Waals surface area contributed by atoms with Gasteiger partial charge in [0, 0.05) is 29.6 Å². The number of ether oxygens (including phenoxy) is 1. The van der Waals surface area contributed by atoms with E-state index in [0.29, 0.717) is 0 Å². The van der Waals surface area contributed by atoms with Gasteiger partial charge >= 0.3 is 0 Å². The molecular weight excluding hydrogens is 248 g/mol. The average Bonchev–Trinajstić information content (AvgIpc) is 2.83. The SMILES string of the molecule is CCCCNCC1Cc2c([nH]c3ccccc23)C(C)O1. The van der Waals surface area contributed by atoms with Crippen molar-refractivity contribution in [3.05, 3.63) is 35.5 Å². The molecule has 2 atom stereocenters. The first-order valence-electron chi connectivity index (χ1n) is 7.75. The number of unbranched alkanes of at least 4 members (excludes halogenated alkanes) is 1. The molecule has 0 spiro atoms. The van der Waals surface area contributed by atoms with Crippen molar-refractivity contribution >= 4 is 10.9 Å². The topological polar surface area (TPSA) is 37.0 Å². The molecule has 0 aliphatic carbocycles. The minimum absolute atomic E-state index is 0.157. The summed E-state index contributed by atoms with van der Waals surface area (Å²) >= 11 is 0. The lowest BCUT2D eigenvalue weighted by atomic mass is 9.98. The van der Waals surface area contributed by atoms with Gasteiger partial charge in [-0.25, -0.2) is 0 Å². The van der Waals surface area contributed by atoms with Crippen molar-refractivity contribution in [1.29, 1.82) is 0 Å². The third-order valence-corrected chi connectivity index (χ3v) is 4.16. The highest BCUT2D eigenvalue weighted by Gasteiger charge is 2.27. The number of nitrogens with one attached hydrogen (secondary N) is 2. The van der Waals surface area contributed by atoms with Crippen LogP contribution in [0.1, 0.15) is 44.1 Å². The molecule has 1 aromatic carbocycles. The largest absolute Gasteiger partial charge is 0.367 e. The van der Waals surface area contributed by atoms with Gasteiger partial charge in [-0.05, 0) is 31.5 Å². The van der Waals surface area contributed by atoms with Gasteiger partial charge in [0.1, 0.15) is 0 Å². The van der Waals surface area contributed by atoms with E-state index in [4.69, 9.17) is 4.74 Å². The maximum Gasteiger partial charge on any atom is 0.0952 e. The third kappa shape index (κ3) is 2.60. The lowest BCUT2D eigenvalue weighted by Gasteiger charge is -2.28. The standard InChI is InChI=1S/C17H24N2O/c1-3-4-9-18-11-13-10-15-14-7-5-6-8-16(14)19-17(15)12(2)20-13/h5-8,12-13,18-19H,3-4,9-11H2,1-2H3. The van der Waals surface area contributed by atoms with Gasteiger partial charge in [0.25, 0.3) is 0 Å². The second-order valence-corrected chi connectivity index (χ2v) is 5.72. The highest BCUT2D eigenvalue weighted by Crippen LogP contribution is 2.34. The second-order valence-electron chi connectivity index (χ2n) is 5.72. The Kier molecular flexibility index (Phi) is 4.08. The molecule has 2 N–H and O–H groups in total. The van der Waals surface area contributed by atoms with Crippen LogP contribution >= 0.6 is 0 Å². The zero-order valence-corrected chi connectivity index (χ0v) is 12.4. The van der Waals surface area contributed by atoms with E-state index in [-0.39, 0.29) is 12.2 Å². The Morgan fingerprint density at radius 3 is 3.05 bits per heavy atom.